The summed E-state index contributed by atoms with van der Waals surface area (Å²) in [5.41, 5.74) is 9.42. The van der Waals surface area contributed by atoms with Crippen molar-refractivity contribution in [1.82, 2.24) is 0 Å². The van der Waals surface area contributed by atoms with E-state index < -0.39 is 0 Å². The van der Waals surface area contributed by atoms with Gasteiger partial charge in [0, 0.05) is 5.41 Å². The number of allylic oxidation sites excluding steroid dienone is 3. The quantitative estimate of drug-likeness (QED) is 0.765. The van der Waals surface area contributed by atoms with E-state index in [9.17, 15) is 0 Å². The van der Waals surface area contributed by atoms with E-state index in [2.05, 4.69) is 58.0 Å². The third-order valence-electron chi connectivity index (χ3n) is 3.26. The fourth-order valence-electron chi connectivity index (χ4n) is 1.89. The molecule has 0 aromatic heterocycles. The Morgan fingerprint density at radius 1 is 1.25 bits per heavy atom. The van der Waals surface area contributed by atoms with Crippen LogP contribution in [0.3, 0.4) is 0 Å². The van der Waals surface area contributed by atoms with Crippen molar-refractivity contribution >= 4 is 0 Å². The van der Waals surface area contributed by atoms with Crippen molar-refractivity contribution in [3.8, 4) is 0 Å². The highest BCUT2D eigenvalue weighted by molar-refractivity contribution is 5.39. The van der Waals surface area contributed by atoms with Crippen LogP contribution in [0.15, 0.2) is 48.2 Å². The summed E-state index contributed by atoms with van der Waals surface area (Å²) in [5.74, 6) is 0. The Morgan fingerprint density at radius 2 is 1.88 bits per heavy atom. The van der Waals surface area contributed by atoms with Crippen LogP contribution in [0, 0.1) is 6.92 Å². The van der Waals surface area contributed by atoms with Crippen molar-refractivity contribution in [1.29, 1.82) is 0 Å². The summed E-state index contributed by atoms with van der Waals surface area (Å²) in [7, 11) is 0. The number of hydrogen-bond acceptors (Lipinski definition) is 1. The van der Waals surface area contributed by atoms with Gasteiger partial charge in [0.25, 0.3) is 0 Å². The van der Waals surface area contributed by atoms with E-state index in [1.54, 1.807) is 6.20 Å². The van der Waals surface area contributed by atoms with Gasteiger partial charge in [-0.2, -0.15) is 0 Å². The smallest absolute Gasteiger partial charge is 0.0108 e. The average molecular weight is 215 g/mol. The van der Waals surface area contributed by atoms with Gasteiger partial charge in [0.15, 0.2) is 0 Å². The molecule has 1 aromatic carbocycles. The molecule has 0 fully saturated rings. The normalized spacial score (nSPS) is 13.4. The van der Waals surface area contributed by atoms with Gasteiger partial charge in [0.05, 0.1) is 0 Å². The molecule has 0 aliphatic heterocycles. The van der Waals surface area contributed by atoms with Crippen molar-refractivity contribution < 1.29 is 0 Å². The Kier molecular flexibility index (Phi) is 3.94. The predicted molar refractivity (Wildman–Crippen MR) is 71.3 cm³/mol. The number of aryl methyl sites for hydroxylation is 1. The van der Waals surface area contributed by atoms with E-state index >= 15 is 0 Å². The Morgan fingerprint density at radius 3 is 2.44 bits per heavy atom. The SMILES string of the molecule is C/C(=C\C=C/N)C(C)(C)c1ccccc1C. The highest BCUT2D eigenvalue weighted by Crippen LogP contribution is 2.33. The second-order valence-electron chi connectivity index (χ2n) is 4.67. The molecule has 0 saturated carbocycles. The highest BCUT2D eigenvalue weighted by atomic mass is 14.5. The topological polar surface area (TPSA) is 26.0 Å². The average Bonchev–Trinajstić information content (AvgIpc) is 2.26. The Labute approximate surface area is 98.7 Å². The molecule has 0 spiro atoms. The van der Waals surface area contributed by atoms with Gasteiger partial charge < -0.3 is 5.73 Å². The molecule has 86 valence electrons. The van der Waals surface area contributed by atoms with Gasteiger partial charge in [-0.3, -0.25) is 0 Å². The standard InChI is InChI=1S/C15H21N/c1-12-8-5-6-10-14(12)15(3,4)13(2)9-7-11-16/h5-11H,16H2,1-4H3/b11-7-,13-9+. The van der Waals surface area contributed by atoms with Gasteiger partial charge >= 0.3 is 0 Å². The number of hydrogen-bond donors (Lipinski definition) is 1. The zero-order valence-electron chi connectivity index (χ0n) is 10.6. The van der Waals surface area contributed by atoms with Gasteiger partial charge in [-0.1, -0.05) is 49.8 Å². The monoisotopic (exact) mass is 215 g/mol. The first kappa shape index (κ1) is 12.6. The van der Waals surface area contributed by atoms with Gasteiger partial charge in [-0.15, -0.1) is 0 Å². The molecule has 0 heterocycles. The number of nitrogens with two attached hydrogens (primary N) is 1. The van der Waals surface area contributed by atoms with E-state index in [-0.39, 0.29) is 5.41 Å². The maximum absolute atomic E-state index is 5.36. The lowest BCUT2D eigenvalue weighted by Crippen LogP contribution is -2.20. The van der Waals surface area contributed by atoms with Gasteiger partial charge in [-0.25, -0.2) is 0 Å². The first-order valence-electron chi connectivity index (χ1n) is 5.62. The summed E-state index contributed by atoms with van der Waals surface area (Å²) in [6, 6.07) is 8.52. The molecule has 0 atom stereocenters. The summed E-state index contributed by atoms with van der Waals surface area (Å²) < 4.78 is 0. The molecule has 0 bridgehead atoms. The van der Waals surface area contributed by atoms with Crippen LogP contribution in [-0.2, 0) is 5.41 Å². The zero-order valence-corrected chi connectivity index (χ0v) is 10.6. The Hall–Kier alpha value is -1.50. The highest BCUT2D eigenvalue weighted by Gasteiger charge is 2.23. The molecule has 2 N–H and O–H groups in total. The van der Waals surface area contributed by atoms with Crippen LogP contribution < -0.4 is 5.73 Å². The summed E-state index contributed by atoms with van der Waals surface area (Å²) in [5, 5.41) is 0. The molecule has 0 aliphatic carbocycles. The lowest BCUT2D eigenvalue weighted by Gasteiger charge is -2.28. The minimum Gasteiger partial charge on any atom is -0.405 e. The maximum atomic E-state index is 5.36. The lowest BCUT2D eigenvalue weighted by atomic mass is 9.76. The molecule has 1 aromatic rings. The fourth-order valence-corrected chi connectivity index (χ4v) is 1.89. The fraction of sp³-hybridized carbons (Fsp3) is 0.333. The number of rotatable bonds is 3. The van der Waals surface area contributed by atoms with Crippen LogP contribution in [0.1, 0.15) is 31.9 Å². The van der Waals surface area contributed by atoms with E-state index in [4.69, 9.17) is 5.73 Å². The van der Waals surface area contributed by atoms with Crippen LogP contribution in [-0.4, -0.2) is 0 Å². The third kappa shape index (κ3) is 2.54. The predicted octanol–water partition coefficient (Wildman–Crippen LogP) is 3.69. The molecule has 0 unspecified atom stereocenters. The van der Waals surface area contributed by atoms with Crippen LogP contribution >= 0.6 is 0 Å². The molecule has 1 rings (SSSR count). The summed E-state index contributed by atoms with van der Waals surface area (Å²) in [6.07, 6.45) is 5.53. The van der Waals surface area contributed by atoms with Gasteiger partial charge in [0.2, 0.25) is 0 Å². The van der Waals surface area contributed by atoms with Crippen LogP contribution in [0.2, 0.25) is 0 Å². The van der Waals surface area contributed by atoms with Crippen molar-refractivity contribution in [2.24, 2.45) is 5.73 Å². The molecular formula is C15H21N. The van der Waals surface area contributed by atoms with E-state index in [0.29, 0.717) is 0 Å². The molecular weight excluding hydrogens is 194 g/mol. The number of benzene rings is 1. The van der Waals surface area contributed by atoms with Crippen LogP contribution in [0.25, 0.3) is 0 Å². The first-order chi connectivity index (χ1) is 7.50. The van der Waals surface area contributed by atoms with E-state index in [1.807, 2.05) is 6.08 Å². The van der Waals surface area contributed by atoms with Crippen molar-refractivity contribution in [3.63, 3.8) is 0 Å². The molecule has 0 saturated heterocycles. The Balaban J connectivity index is 3.16. The second kappa shape index (κ2) is 5.02. The largest absolute Gasteiger partial charge is 0.405 e. The minimum absolute atomic E-state index is 0.0465. The minimum atomic E-state index is 0.0465. The Bertz CT molecular complexity index is 411. The molecule has 0 amide bonds. The molecule has 1 heteroatoms. The van der Waals surface area contributed by atoms with Crippen LogP contribution in [0.4, 0.5) is 0 Å². The molecule has 0 radical (unpaired) electrons. The van der Waals surface area contributed by atoms with Gasteiger partial charge in [-0.05, 0) is 37.3 Å². The maximum Gasteiger partial charge on any atom is 0.0108 e. The van der Waals surface area contributed by atoms with E-state index in [1.165, 1.54) is 16.7 Å². The lowest BCUT2D eigenvalue weighted by molar-refractivity contribution is 0.619. The molecule has 16 heavy (non-hydrogen) atoms. The zero-order chi connectivity index (χ0) is 12.2. The van der Waals surface area contributed by atoms with E-state index in [0.717, 1.165) is 0 Å². The first-order valence-corrected chi connectivity index (χ1v) is 5.62. The molecule has 1 nitrogen and oxygen atoms in total. The van der Waals surface area contributed by atoms with Crippen LogP contribution in [0.5, 0.6) is 0 Å². The van der Waals surface area contributed by atoms with Crippen molar-refractivity contribution in [2.45, 2.75) is 33.1 Å². The van der Waals surface area contributed by atoms with Crippen molar-refractivity contribution in [2.75, 3.05) is 0 Å². The second-order valence-corrected chi connectivity index (χ2v) is 4.67. The van der Waals surface area contributed by atoms with Crippen molar-refractivity contribution in [3.05, 3.63) is 59.3 Å². The molecule has 0 aliphatic rings. The third-order valence-corrected chi connectivity index (χ3v) is 3.26. The summed E-state index contributed by atoms with van der Waals surface area (Å²) >= 11 is 0. The summed E-state index contributed by atoms with van der Waals surface area (Å²) in [6.45, 7) is 8.78. The van der Waals surface area contributed by atoms with Gasteiger partial charge in [0.1, 0.15) is 0 Å². The summed E-state index contributed by atoms with van der Waals surface area (Å²) in [4.78, 5) is 0.